The SMILES string of the molecule is CCCCCC(C)(O)/C=C/C1C(=O)C[C@H](O)[C@@H]1C/C=C\CCCC(=O)O. The van der Waals surface area contributed by atoms with Gasteiger partial charge in [0.15, 0.2) is 0 Å². The lowest BCUT2D eigenvalue weighted by Gasteiger charge is -2.21. The van der Waals surface area contributed by atoms with E-state index in [1.807, 2.05) is 12.2 Å². The predicted octanol–water partition coefficient (Wildman–Crippen LogP) is 3.64. The van der Waals surface area contributed by atoms with Gasteiger partial charge in [-0.05, 0) is 32.6 Å². The van der Waals surface area contributed by atoms with Crippen LogP contribution in [0.15, 0.2) is 24.3 Å². The maximum absolute atomic E-state index is 12.2. The van der Waals surface area contributed by atoms with Crippen molar-refractivity contribution in [1.82, 2.24) is 0 Å². The van der Waals surface area contributed by atoms with Crippen molar-refractivity contribution in [2.45, 2.75) is 83.3 Å². The first-order chi connectivity index (χ1) is 12.3. The highest BCUT2D eigenvalue weighted by Crippen LogP contribution is 2.34. The van der Waals surface area contributed by atoms with Crippen molar-refractivity contribution in [3.05, 3.63) is 24.3 Å². The van der Waals surface area contributed by atoms with Crippen molar-refractivity contribution < 1.29 is 24.9 Å². The lowest BCUT2D eigenvalue weighted by atomic mass is 9.88. The Hall–Kier alpha value is -1.46. The highest BCUT2D eigenvalue weighted by molar-refractivity contribution is 5.86. The van der Waals surface area contributed by atoms with Crippen molar-refractivity contribution in [3.8, 4) is 0 Å². The van der Waals surface area contributed by atoms with Crippen molar-refractivity contribution in [2.75, 3.05) is 0 Å². The van der Waals surface area contributed by atoms with Crippen molar-refractivity contribution in [2.24, 2.45) is 11.8 Å². The van der Waals surface area contributed by atoms with Gasteiger partial charge >= 0.3 is 5.97 Å². The number of aliphatic hydroxyl groups excluding tert-OH is 1. The molecule has 5 nitrogen and oxygen atoms in total. The summed E-state index contributed by atoms with van der Waals surface area (Å²) in [5.74, 6) is -1.33. The number of carbonyl (C=O) groups excluding carboxylic acids is 1. The molecule has 1 rings (SSSR count). The fourth-order valence-corrected chi connectivity index (χ4v) is 3.39. The maximum atomic E-state index is 12.2. The summed E-state index contributed by atoms with van der Waals surface area (Å²) >= 11 is 0. The van der Waals surface area contributed by atoms with Crippen molar-refractivity contribution in [1.29, 1.82) is 0 Å². The van der Waals surface area contributed by atoms with Crippen LogP contribution in [0.5, 0.6) is 0 Å². The van der Waals surface area contributed by atoms with Crippen LogP contribution < -0.4 is 0 Å². The highest BCUT2D eigenvalue weighted by Gasteiger charge is 2.39. The van der Waals surface area contributed by atoms with Crippen LogP contribution in [0.1, 0.15) is 71.6 Å². The van der Waals surface area contributed by atoms with Crippen LogP contribution in [-0.4, -0.2) is 38.8 Å². The van der Waals surface area contributed by atoms with Gasteiger partial charge in [0.2, 0.25) is 0 Å². The third kappa shape index (κ3) is 8.28. The lowest BCUT2D eigenvalue weighted by molar-refractivity contribution is -0.137. The third-order valence-corrected chi connectivity index (χ3v) is 5.02. The van der Waals surface area contributed by atoms with Gasteiger partial charge in [-0.15, -0.1) is 0 Å². The molecule has 1 saturated carbocycles. The van der Waals surface area contributed by atoms with E-state index in [0.717, 1.165) is 19.3 Å². The molecule has 1 fully saturated rings. The molecule has 0 aliphatic heterocycles. The third-order valence-electron chi connectivity index (χ3n) is 5.02. The summed E-state index contributed by atoms with van der Waals surface area (Å²) in [5.41, 5.74) is -0.930. The molecule has 0 aromatic heterocycles. The molecule has 4 atom stereocenters. The van der Waals surface area contributed by atoms with Crippen LogP contribution in [0.3, 0.4) is 0 Å². The normalized spacial score (nSPS) is 26.0. The number of carboxylic acid groups (broad SMARTS) is 1. The Kier molecular flexibility index (Phi) is 9.81. The molecule has 26 heavy (non-hydrogen) atoms. The molecule has 2 unspecified atom stereocenters. The zero-order chi connectivity index (χ0) is 19.6. The van der Waals surface area contributed by atoms with Gasteiger partial charge in [-0.1, -0.05) is 50.5 Å². The minimum absolute atomic E-state index is 0.0161. The Labute approximate surface area is 156 Å². The summed E-state index contributed by atoms with van der Waals surface area (Å²) in [6.45, 7) is 3.87. The standard InChI is InChI=1S/C21H34O5/c1-3-4-9-13-21(2,26)14-12-17-16(18(22)15-19(17)23)10-7-5-6-8-11-20(24)25/h5,7,12,14,16-18,22,26H,3-4,6,8-11,13,15H2,1-2H3,(H,24,25)/b7-5-,14-12+/t16-,17?,18+,21?/m1/s1. The van der Waals surface area contributed by atoms with Gasteiger partial charge in [-0.25, -0.2) is 0 Å². The van der Waals surface area contributed by atoms with Gasteiger partial charge in [0.1, 0.15) is 5.78 Å². The minimum atomic E-state index is -0.930. The molecule has 0 saturated heterocycles. The summed E-state index contributed by atoms with van der Waals surface area (Å²) in [5, 5.41) is 29.2. The number of Topliss-reactive ketones (excluding diaryl/α,β-unsaturated/α-hetero) is 1. The second-order valence-electron chi connectivity index (χ2n) is 7.59. The molecular formula is C21H34O5. The molecule has 0 spiro atoms. The predicted molar refractivity (Wildman–Crippen MR) is 102 cm³/mol. The molecule has 5 heteroatoms. The number of rotatable bonds is 12. The molecule has 148 valence electrons. The number of unbranched alkanes of at least 4 members (excludes halogenated alkanes) is 3. The number of carbonyl (C=O) groups is 2. The van der Waals surface area contributed by atoms with E-state index >= 15 is 0 Å². The Balaban J connectivity index is 2.58. The summed E-state index contributed by atoms with van der Waals surface area (Å²) in [4.78, 5) is 22.7. The largest absolute Gasteiger partial charge is 0.481 e. The van der Waals surface area contributed by atoms with Crippen LogP contribution >= 0.6 is 0 Å². The van der Waals surface area contributed by atoms with E-state index in [4.69, 9.17) is 5.11 Å². The van der Waals surface area contributed by atoms with E-state index in [1.54, 1.807) is 19.1 Å². The Morgan fingerprint density at radius 2 is 2.00 bits per heavy atom. The van der Waals surface area contributed by atoms with E-state index in [0.29, 0.717) is 25.7 Å². The molecule has 1 aliphatic carbocycles. The molecule has 3 N–H and O–H groups in total. The van der Waals surface area contributed by atoms with Crippen LogP contribution in [-0.2, 0) is 9.59 Å². The molecule has 0 amide bonds. The lowest BCUT2D eigenvalue weighted by Crippen LogP contribution is -2.23. The van der Waals surface area contributed by atoms with Crippen LogP contribution in [0.25, 0.3) is 0 Å². The van der Waals surface area contributed by atoms with Gasteiger partial charge < -0.3 is 15.3 Å². The molecule has 0 heterocycles. The zero-order valence-corrected chi connectivity index (χ0v) is 16.1. The topological polar surface area (TPSA) is 94.8 Å². The molecular weight excluding hydrogens is 332 g/mol. The molecule has 0 radical (unpaired) electrons. The number of ketones is 1. The molecule has 0 aromatic carbocycles. The average molecular weight is 366 g/mol. The quantitative estimate of drug-likeness (QED) is 0.362. The summed E-state index contributed by atoms with van der Waals surface area (Å²) < 4.78 is 0. The van der Waals surface area contributed by atoms with E-state index < -0.39 is 17.7 Å². The van der Waals surface area contributed by atoms with Gasteiger partial charge in [0.05, 0.1) is 11.7 Å². The van der Waals surface area contributed by atoms with E-state index in [1.165, 1.54) is 0 Å². The summed E-state index contributed by atoms with van der Waals surface area (Å²) in [6, 6.07) is 0. The molecule has 1 aliphatic rings. The van der Waals surface area contributed by atoms with Gasteiger partial charge in [-0.3, -0.25) is 9.59 Å². The number of carboxylic acids is 1. The fraction of sp³-hybridized carbons (Fsp3) is 0.714. The number of aliphatic carboxylic acids is 1. The summed E-state index contributed by atoms with van der Waals surface area (Å²) in [6.07, 6.45) is 12.6. The molecule has 0 aromatic rings. The first-order valence-corrected chi connectivity index (χ1v) is 9.76. The first kappa shape index (κ1) is 22.6. The Morgan fingerprint density at radius 3 is 2.65 bits per heavy atom. The van der Waals surface area contributed by atoms with Gasteiger partial charge in [0.25, 0.3) is 0 Å². The van der Waals surface area contributed by atoms with E-state index in [9.17, 15) is 19.8 Å². The summed E-state index contributed by atoms with van der Waals surface area (Å²) in [7, 11) is 0. The van der Waals surface area contributed by atoms with Crippen LogP contribution in [0.4, 0.5) is 0 Å². The van der Waals surface area contributed by atoms with Crippen molar-refractivity contribution in [3.63, 3.8) is 0 Å². The van der Waals surface area contributed by atoms with Crippen molar-refractivity contribution >= 4 is 11.8 Å². The number of hydrogen-bond donors (Lipinski definition) is 3. The second kappa shape index (κ2) is 11.3. The highest BCUT2D eigenvalue weighted by atomic mass is 16.4. The average Bonchev–Trinajstić information content (AvgIpc) is 2.82. The Bertz CT molecular complexity index is 507. The van der Waals surface area contributed by atoms with Crippen LogP contribution in [0, 0.1) is 11.8 Å². The minimum Gasteiger partial charge on any atom is -0.481 e. The fourth-order valence-electron chi connectivity index (χ4n) is 3.39. The maximum Gasteiger partial charge on any atom is 0.303 e. The number of allylic oxidation sites excluding steroid dienone is 3. The second-order valence-corrected chi connectivity index (χ2v) is 7.59. The zero-order valence-electron chi connectivity index (χ0n) is 16.1. The Morgan fingerprint density at radius 1 is 1.27 bits per heavy atom. The first-order valence-electron chi connectivity index (χ1n) is 9.76. The molecule has 0 bridgehead atoms. The number of hydrogen-bond acceptors (Lipinski definition) is 4. The smallest absolute Gasteiger partial charge is 0.303 e. The van der Waals surface area contributed by atoms with Gasteiger partial charge in [-0.2, -0.15) is 0 Å². The monoisotopic (exact) mass is 366 g/mol. The van der Waals surface area contributed by atoms with E-state index in [-0.39, 0.29) is 30.5 Å². The number of aliphatic hydroxyl groups is 2. The van der Waals surface area contributed by atoms with E-state index in [2.05, 4.69) is 6.92 Å². The van der Waals surface area contributed by atoms with Crippen LogP contribution in [0.2, 0.25) is 0 Å². The van der Waals surface area contributed by atoms with Gasteiger partial charge in [0, 0.05) is 24.7 Å².